The highest BCUT2D eigenvalue weighted by Crippen LogP contribution is 2.20. The Morgan fingerprint density at radius 2 is 1.86 bits per heavy atom. The molecule has 3 heterocycles. The number of benzene rings is 1. The fraction of sp³-hybridized carbons (Fsp3) is 0.364. The molecule has 1 fully saturated rings. The van der Waals surface area contributed by atoms with Gasteiger partial charge >= 0.3 is 0 Å². The van der Waals surface area contributed by atoms with Gasteiger partial charge in [-0.3, -0.25) is 4.79 Å². The van der Waals surface area contributed by atoms with Gasteiger partial charge in [0.2, 0.25) is 5.91 Å². The molecule has 1 aliphatic heterocycles. The van der Waals surface area contributed by atoms with Gasteiger partial charge in [-0.15, -0.1) is 0 Å². The van der Waals surface area contributed by atoms with Crippen LogP contribution in [0.25, 0.3) is 5.65 Å². The number of nitrogens with zero attached hydrogens (tertiary/aromatic N) is 6. The van der Waals surface area contributed by atoms with Gasteiger partial charge in [0.05, 0.1) is 6.20 Å². The van der Waals surface area contributed by atoms with Crippen molar-refractivity contribution in [3.63, 3.8) is 0 Å². The van der Waals surface area contributed by atoms with Crippen LogP contribution in [-0.4, -0.2) is 51.6 Å². The first-order valence-electron chi connectivity index (χ1n) is 9.90. The van der Waals surface area contributed by atoms with Gasteiger partial charge in [0, 0.05) is 49.7 Å². The summed E-state index contributed by atoms with van der Waals surface area (Å²) >= 11 is 0. The third-order valence-electron chi connectivity index (χ3n) is 5.67. The molecule has 0 unspecified atom stereocenters. The van der Waals surface area contributed by atoms with Crippen LogP contribution in [0, 0.1) is 25.2 Å². The van der Waals surface area contributed by atoms with Crippen molar-refractivity contribution in [3.8, 4) is 6.07 Å². The standard InChI is InChI=1S/C22H24N6O/c1-16-20(17(2)28-22(25-16)18(14-23)15-24-28)8-9-21(29)27-12-10-26(11-13-27)19-6-4-3-5-7-19/h3-7,15H,8-13H2,1-2H3. The number of carbonyl (C=O) groups excluding carboxylic acids is 1. The van der Waals surface area contributed by atoms with Crippen molar-refractivity contribution in [1.29, 1.82) is 5.26 Å². The Balaban J connectivity index is 1.40. The number of rotatable bonds is 4. The summed E-state index contributed by atoms with van der Waals surface area (Å²) in [6, 6.07) is 12.4. The molecule has 3 aromatic rings. The number of aryl methyl sites for hydroxylation is 2. The topological polar surface area (TPSA) is 77.5 Å². The van der Waals surface area contributed by atoms with Gasteiger partial charge < -0.3 is 9.80 Å². The molecule has 0 N–H and O–H groups in total. The zero-order valence-corrected chi connectivity index (χ0v) is 16.8. The summed E-state index contributed by atoms with van der Waals surface area (Å²) in [7, 11) is 0. The first kappa shape index (κ1) is 18.9. The average molecular weight is 388 g/mol. The Kier molecular flexibility index (Phi) is 5.17. The summed E-state index contributed by atoms with van der Waals surface area (Å²) in [6.07, 6.45) is 2.61. The Morgan fingerprint density at radius 3 is 2.55 bits per heavy atom. The van der Waals surface area contributed by atoms with Gasteiger partial charge in [0.25, 0.3) is 0 Å². The lowest BCUT2D eigenvalue weighted by Gasteiger charge is -2.36. The highest BCUT2D eigenvalue weighted by molar-refractivity contribution is 5.77. The first-order chi connectivity index (χ1) is 14.1. The van der Waals surface area contributed by atoms with Gasteiger partial charge in [-0.1, -0.05) is 18.2 Å². The maximum atomic E-state index is 12.8. The molecule has 0 atom stereocenters. The Hall–Kier alpha value is -3.40. The van der Waals surface area contributed by atoms with E-state index in [-0.39, 0.29) is 5.91 Å². The van der Waals surface area contributed by atoms with Crippen LogP contribution in [0.3, 0.4) is 0 Å². The maximum Gasteiger partial charge on any atom is 0.223 e. The number of piperazine rings is 1. The molecule has 0 spiro atoms. The van der Waals surface area contributed by atoms with Crippen LogP contribution < -0.4 is 4.90 Å². The van der Waals surface area contributed by atoms with E-state index in [0.717, 1.165) is 43.1 Å². The monoisotopic (exact) mass is 388 g/mol. The molecule has 0 aliphatic carbocycles. The molecule has 1 amide bonds. The lowest BCUT2D eigenvalue weighted by atomic mass is 10.1. The molecule has 0 bridgehead atoms. The highest BCUT2D eigenvalue weighted by atomic mass is 16.2. The summed E-state index contributed by atoms with van der Waals surface area (Å²) in [5.41, 5.74) is 5.08. The maximum absolute atomic E-state index is 12.8. The minimum Gasteiger partial charge on any atom is -0.368 e. The van der Waals surface area contributed by atoms with Crippen molar-refractivity contribution < 1.29 is 4.79 Å². The van der Waals surface area contributed by atoms with Gasteiger partial charge in [-0.2, -0.15) is 10.4 Å². The summed E-state index contributed by atoms with van der Waals surface area (Å²) in [5, 5.41) is 13.5. The Morgan fingerprint density at radius 1 is 1.14 bits per heavy atom. The van der Waals surface area contributed by atoms with Crippen LogP contribution in [0.15, 0.2) is 36.5 Å². The molecule has 1 aromatic carbocycles. The number of hydrogen-bond donors (Lipinski definition) is 0. The molecule has 148 valence electrons. The predicted molar refractivity (Wildman–Crippen MR) is 111 cm³/mol. The smallest absolute Gasteiger partial charge is 0.223 e. The predicted octanol–water partition coefficient (Wildman–Crippen LogP) is 2.50. The fourth-order valence-electron chi connectivity index (χ4n) is 3.99. The van der Waals surface area contributed by atoms with Crippen LogP contribution in [0.2, 0.25) is 0 Å². The van der Waals surface area contributed by atoms with E-state index in [9.17, 15) is 10.1 Å². The lowest BCUT2D eigenvalue weighted by molar-refractivity contribution is -0.131. The number of amides is 1. The van der Waals surface area contributed by atoms with Crippen molar-refractivity contribution in [3.05, 3.63) is 59.0 Å². The van der Waals surface area contributed by atoms with Crippen molar-refractivity contribution in [1.82, 2.24) is 19.5 Å². The van der Waals surface area contributed by atoms with E-state index in [1.54, 1.807) is 4.52 Å². The van der Waals surface area contributed by atoms with E-state index >= 15 is 0 Å². The third-order valence-corrected chi connectivity index (χ3v) is 5.67. The number of fused-ring (bicyclic) bond motifs is 1. The average Bonchev–Trinajstić information content (AvgIpc) is 3.17. The second-order valence-electron chi connectivity index (χ2n) is 7.37. The highest BCUT2D eigenvalue weighted by Gasteiger charge is 2.22. The minimum absolute atomic E-state index is 0.176. The molecule has 4 rings (SSSR count). The number of carbonyl (C=O) groups is 1. The van der Waals surface area contributed by atoms with Crippen molar-refractivity contribution in [2.75, 3.05) is 31.1 Å². The van der Waals surface area contributed by atoms with E-state index in [1.807, 2.05) is 36.9 Å². The van der Waals surface area contributed by atoms with Crippen molar-refractivity contribution in [2.24, 2.45) is 0 Å². The number of para-hydroxylation sites is 1. The van der Waals surface area contributed by atoms with Crippen LogP contribution in [0.4, 0.5) is 5.69 Å². The summed E-state index contributed by atoms with van der Waals surface area (Å²) in [5.74, 6) is 0.176. The number of anilines is 1. The molecule has 7 heteroatoms. The molecule has 0 radical (unpaired) electrons. The van der Waals surface area contributed by atoms with E-state index in [1.165, 1.54) is 11.9 Å². The van der Waals surface area contributed by atoms with Gasteiger partial charge in [-0.25, -0.2) is 9.50 Å². The fourth-order valence-corrected chi connectivity index (χ4v) is 3.99. The number of nitriles is 1. The SMILES string of the molecule is Cc1nc2c(C#N)cnn2c(C)c1CCC(=O)N1CCN(c2ccccc2)CC1. The molecule has 7 nitrogen and oxygen atoms in total. The summed E-state index contributed by atoms with van der Waals surface area (Å²) in [4.78, 5) is 21.6. The van der Waals surface area contributed by atoms with E-state index in [0.29, 0.717) is 24.1 Å². The molecule has 1 aliphatic rings. The number of aromatic nitrogens is 3. The zero-order chi connectivity index (χ0) is 20.4. The normalized spacial score (nSPS) is 14.2. The molecular formula is C22H24N6O. The van der Waals surface area contributed by atoms with Crippen LogP contribution >= 0.6 is 0 Å². The van der Waals surface area contributed by atoms with Crippen LogP contribution in [-0.2, 0) is 11.2 Å². The molecule has 2 aromatic heterocycles. The van der Waals surface area contributed by atoms with Crippen molar-refractivity contribution >= 4 is 17.2 Å². The van der Waals surface area contributed by atoms with E-state index in [2.05, 4.69) is 33.2 Å². The third kappa shape index (κ3) is 3.66. The van der Waals surface area contributed by atoms with Crippen LogP contribution in [0.1, 0.15) is 28.9 Å². The van der Waals surface area contributed by atoms with E-state index < -0.39 is 0 Å². The number of hydrogen-bond acceptors (Lipinski definition) is 5. The van der Waals surface area contributed by atoms with Gasteiger partial charge in [0.15, 0.2) is 5.65 Å². The lowest BCUT2D eigenvalue weighted by Crippen LogP contribution is -2.48. The quantitative estimate of drug-likeness (QED) is 0.686. The molecular weight excluding hydrogens is 364 g/mol. The molecule has 0 saturated carbocycles. The van der Waals surface area contributed by atoms with Gasteiger partial charge in [0.1, 0.15) is 11.6 Å². The molecule has 1 saturated heterocycles. The Bertz CT molecular complexity index is 1070. The summed E-state index contributed by atoms with van der Waals surface area (Å²) in [6.45, 7) is 7.09. The largest absolute Gasteiger partial charge is 0.368 e. The second-order valence-corrected chi connectivity index (χ2v) is 7.37. The second kappa shape index (κ2) is 7.92. The minimum atomic E-state index is 0.176. The first-order valence-corrected chi connectivity index (χ1v) is 9.90. The Labute approximate surface area is 170 Å². The van der Waals surface area contributed by atoms with Crippen LogP contribution in [0.5, 0.6) is 0 Å². The van der Waals surface area contributed by atoms with Gasteiger partial charge in [-0.05, 0) is 38.0 Å². The van der Waals surface area contributed by atoms with E-state index in [4.69, 9.17) is 0 Å². The zero-order valence-electron chi connectivity index (χ0n) is 16.8. The van der Waals surface area contributed by atoms with Crippen molar-refractivity contribution in [2.45, 2.75) is 26.7 Å². The summed E-state index contributed by atoms with van der Waals surface area (Å²) < 4.78 is 1.70. The molecule has 29 heavy (non-hydrogen) atoms.